The summed E-state index contributed by atoms with van der Waals surface area (Å²) in [6.45, 7) is 2.21. The standard InChI is InChI=1S/C18H27NO4/c1-2-3-4-5-6-7-16-17(23-16)10-11-18(22)19-14-12-13(20)8-9-15(14)21/h12,16-17H,2-11H2,1H3,(H,19,22). The third kappa shape index (κ3) is 6.26. The average molecular weight is 321 g/mol. The van der Waals surface area contributed by atoms with E-state index in [1.165, 1.54) is 38.2 Å². The Bertz CT molecular complexity index is 483. The lowest BCUT2D eigenvalue weighted by molar-refractivity contribution is -0.124. The van der Waals surface area contributed by atoms with E-state index in [0.29, 0.717) is 18.9 Å². The second-order valence-electron chi connectivity index (χ2n) is 6.45. The summed E-state index contributed by atoms with van der Waals surface area (Å²) in [5.41, 5.74) is 0.149. The molecule has 1 fully saturated rings. The number of epoxide rings is 1. The molecule has 5 nitrogen and oxygen atoms in total. The van der Waals surface area contributed by atoms with Crippen LogP contribution in [0.3, 0.4) is 0 Å². The molecule has 1 aliphatic heterocycles. The minimum Gasteiger partial charge on any atom is -0.370 e. The van der Waals surface area contributed by atoms with Crippen LogP contribution in [0.4, 0.5) is 0 Å². The van der Waals surface area contributed by atoms with Gasteiger partial charge in [-0.15, -0.1) is 0 Å². The van der Waals surface area contributed by atoms with E-state index in [2.05, 4.69) is 12.2 Å². The molecular weight excluding hydrogens is 294 g/mol. The van der Waals surface area contributed by atoms with Gasteiger partial charge in [0.2, 0.25) is 5.91 Å². The maximum absolute atomic E-state index is 11.9. The molecule has 1 aliphatic carbocycles. The predicted molar refractivity (Wildman–Crippen MR) is 86.7 cm³/mol. The quantitative estimate of drug-likeness (QED) is 0.496. The van der Waals surface area contributed by atoms with Crippen LogP contribution >= 0.6 is 0 Å². The number of carbonyl (C=O) groups excluding carboxylic acids is 3. The molecule has 0 radical (unpaired) electrons. The monoisotopic (exact) mass is 321 g/mol. The molecule has 2 rings (SSSR count). The molecule has 23 heavy (non-hydrogen) atoms. The van der Waals surface area contributed by atoms with Crippen LogP contribution in [0.1, 0.15) is 71.1 Å². The first-order valence-corrected chi connectivity index (χ1v) is 8.83. The van der Waals surface area contributed by atoms with Gasteiger partial charge in [0.25, 0.3) is 0 Å². The number of unbranched alkanes of at least 4 members (excludes halogenated alkanes) is 4. The van der Waals surface area contributed by atoms with Crippen LogP contribution in [0.25, 0.3) is 0 Å². The van der Waals surface area contributed by atoms with Crippen LogP contribution in [-0.4, -0.2) is 29.7 Å². The highest BCUT2D eigenvalue weighted by molar-refractivity contribution is 6.09. The first-order chi connectivity index (χ1) is 11.1. The Labute approximate surface area is 137 Å². The highest BCUT2D eigenvalue weighted by Crippen LogP contribution is 2.31. The Morgan fingerprint density at radius 3 is 2.65 bits per heavy atom. The fraction of sp³-hybridized carbons (Fsp3) is 0.722. The summed E-state index contributed by atoms with van der Waals surface area (Å²) < 4.78 is 5.59. The maximum Gasteiger partial charge on any atom is 0.224 e. The van der Waals surface area contributed by atoms with E-state index in [1.807, 2.05) is 0 Å². The smallest absolute Gasteiger partial charge is 0.224 e. The number of nitrogens with one attached hydrogen (secondary N) is 1. The molecule has 0 aromatic heterocycles. The summed E-state index contributed by atoms with van der Waals surface area (Å²) in [6.07, 6.45) is 10.5. The first-order valence-electron chi connectivity index (χ1n) is 8.83. The number of hydrogen-bond acceptors (Lipinski definition) is 4. The van der Waals surface area contributed by atoms with Crippen LogP contribution < -0.4 is 5.32 Å². The SMILES string of the molecule is CCCCCCCC1OC1CCC(=O)NC1=CC(=O)CCC1=O. The van der Waals surface area contributed by atoms with E-state index < -0.39 is 0 Å². The molecule has 2 atom stereocenters. The Balaban J connectivity index is 1.57. The van der Waals surface area contributed by atoms with Gasteiger partial charge in [-0.05, 0) is 12.8 Å². The Hall–Kier alpha value is -1.49. The fourth-order valence-corrected chi connectivity index (χ4v) is 2.91. The zero-order chi connectivity index (χ0) is 16.7. The van der Waals surface area contributed by atoms with Gasteiger partial charge in [-0.1, -0.05) is 39.0 Å². The van der Waals surface area contributed by atoms with Crippen molar-refractivity contribution in [1.29, 1.82) is 0 Å². The third-order valence-electron chi connectivity index (χ3n) is 4.41. The molecule has 0 saturated carbocycles. The molecular formula is C18H27NO4. The van der Waals surface area contributed by atoms with Gasteiger partial charge >= 0.3 is 0 Å². The van der Waals surface area contributed by atoms with Crippen molar-refractivity contribution in [3.8, 4) is 0 Å². The van der Waals surface area contributed by atoms with Gasteiger partial charge in [-0.2, -0.15) is 0 Å². The molecule has 128 valence electrons. The number of Topliss-reactive ketones (excluding diaryl/α,β-unsaturated/α-hetero) is 1. The lowest BCUT2D eigenvalue weighted by Gasteiger charge is -2.11. The maximum atomic E-state index is 11.9. The number of ketones is 2. The third-order valence-corrected chi connectivity index (χ3v) is 4.41. The molecule has 5 heteroatoms. The topological polar surface area (TPSA) is 75.8 Å². The van der Waals surface area contributed by atoms with E-state index in [9.17, 15) is 14.4 Å². The Morgan fingerprint density at radius 2 is 1.87 bits per heavy atom. The Morgan fingerprint density at radius 1 is 1.13 bits per heavy atom. The lowest BCUT2D eigenvalue weighted by atomic mass is 10.0. The van der Waals surface area contributed by atoms with Crippen molar-refractivity contribution in [1.82, 2.24) is 5.32 Å². The van der Waals surface area contributed by atoms with Crippen molar-refractivity contribution in [3.05, 3.63) is 11.8 Å². The van der Waals surface area contributed by atoms with E-state index in [-0.39, 0.29) is 42.1 Å². The molecule has 0 bridgehead atoms. The van der Waals surface area contributed by atoms with Crippen molar-refractivity contribution in [2.24, 2.45) is 0 Å². The summed E-state index contributed by atoms with van der Waals surface area (Å²) in [7, 11) is 0. The van der Waals surface area contributed by atoms with E-state index in [4.69, 9.17) is 4.74 Å². The second kappa shape index (κ2) is 8.96. The van der Waals surface area contributed by atoms with Crippen LogP contribution in [0.15, 0.2) is 11.8 Å². The number of allylic oxidation sites excluding steroid dienone is 2. The average Bonchev–Trinajstić information content (AvgIpc) is 3.27. The van der Waals surface area contributed by atoms with Crippen molar-refractivity contribution in [2.45, 2.75) is 83.3 Å². The van der Waals surface area contributed by atoms with Gasteiger partial charge in [0.1, 0.15) is 0 Å². The molecule has 2 aliphatic rings. The minimum absolute atomic E-state index is 0.103. The summed E-state index contributed by atoms with van der Waals surface area (Å²) in [5, 5.41) is 2.56. The van der Waals surface area contributed by atoms with Gasteiger partial charge in [0, 0.05) is 25.3 Å². The van der Waals surface area contributed by atoms with Crippen LogP contribution in [-0.2, 0) is 19.1 Å². The number of hydrogen-bond donors (Lipinski definition) is 1. The predicted octanol–water partition coefficient (Wildman–Crippen LogP) is 2.83. The molecule has 0 aromatic rings. The van der Waals surface area contributed by atoms with E-state index >= 15 is 0 Å². The summed E-state index contributed by atoms with van der Waals surface area (Å²) in [4.78, 5) is 34.8. The number of carbonyl (C=O) groups is 3. The summed E-state index contributed by atoms with van der Waals surface area (Å²) in [6, 6.07) is 0. The van der Waals surface area contributed by atoms with Crippen molar-refractivity contribution in [3.63, 3.8) is 0 Å². The van der Waals surface area contributed by atoms with Crippen LogP contribution in [0, 0.1) is 0 Å². The van der Waals surface area contributed by atoms with Gasteiger partial charge in [-0.25, -0.2) is 0 Å². The van der Waals surface area contributed by atoms with Gasteiger partial charge < -0.3 is 10.1 Å². The number of ether oxygens (including phenoxy) is 1. The van der Waals surface area contributed by atoms with Gasteiger partial charge in [0.15, 0.2) is 11.6 Å². The van der Waals surface area contributed by atoms with Crippen molar-refractivity contribution < 1.29 is 19.1 Å². The normalized spacial score (nSPS) is 23.6. The number of amides is 1. The van der Waals surface area contributed by atoms with E-state index in [1.54, 1.807) is 0 Å². The lowest BCUT2D eigenvalue weighted by Crippen LogP contribution is -2.30. The number of rotatable bonds is 10. The van der Waals surface area contributed by atoms with Crippen LogP contribution in [0.5, 0.6) is 0 Å². The van der Waals surface area contributed by atoms with Gasteiger partial charge in [-0.3, -0.25) is 14.4 Å². The zero-order valence-corrected chi connectivity index (χ0v) is 13.9. The molecule has 0 spiro atoms. The first kappa shape index (κ1) is 17.9. The second-order valence-corrected chi connectivity index (χ2v) is 6.45. The van der Waals surface area contributed by atoms with Gasteiger partial charge in [0.05, 0.1) is 17.9 Å². The summed E-state index contributed by atoms with van der Waals surface area (Å²) >= 11 is 0. The van der Waals surface area contributed by atoms with Crippen LogP contribution in [0.2, 0.25) is 0 Å². The zero-order valence-electron chi connectivity index (χ0n) is 13.9. The molecule has 0 aromatic carbocycles. The Kier molecular flexibility index (Phi) is 6.96. The molecule has 1 saturated heterocycles. The molecule has 1 N–H and O–H groups in total. The molecule has 2 unspecified atom stereocenters. The van der Waals surface area contributed by atoms with E-state index in [0.717, 1.165) is 6.42 Å². The molecule has 1 heterocycles. The minimum atomic E-state index is -0.212. The van der Waals surface area contributed by atoms with Crippen molar-refractivity contribution >= 4 is 17.5 Å². The highest BCUT2D eigenvalue weighted by Gasteiger charge is 2.37. The largest absolute Gasteiger partial charge is 0.370 e. The highest BCUT2D eigenvalue weighted by atomic mass is 16.6. The molecule has 1 amide bonds. The summed E-state index contributed by atoms with van der Waals surface area (Å²) in [5.74, 6) is -0.476. The fourth-order valence-electron chi connectivity index (χ4n) is 2.91. The van der Waals surface area contributed by atoms with Crippen molar-refractivity contribution in [2.75, 3.05) is 0 Å².